The second-order valence-electron chi connectivity index (χ2n) is 6.91. The maximum atomic E-state index is 13.0. The molecule has 2 heterocycles. The fraction of sp³-hybridized carbons (Fsp3) is 0.286. The van der Waals surface area contributed by atoms with Crippen molar-refractivity contribution >= 4 is 22.6 Å². The van der Waals surface area contributed by atoms with Crippen LogP contribution in [0.2, 0.25) is 0 Å². The summed E-state index contributed by atoms with van der Waals surface area (Å²) in [5.41, 5.74) is 0.846. The number of nitrogens with zero attached hydrogens (tertiary/aromatic N) is 2. The summed E-state index contributed by atoms with van der Waals surface area (Å²) < 4.78 is 1.55. The molecule has 3 rings (SSSR count). The second-order valence-corrected chi connectivity index (χ2v) is 6.91. The van der Waals surface area contributed by atoms with E-state index in [1.54, 1.807) is 41.1 Å². The lowest BCUT2D eigenvalue weighted by Crippen LogP contribution is -2.31. The summed E-state index contributed by atoms with van der Waals surface area (Å²) >= 11 is 0. The van der Waals surface area contributed by atoms with Crippen molar-refractivity contribution in [2.75, 3.05) is 5.32 Å². The third kappa shape index (κ3) is 3.69. The predicted octanol–water partition coefficient (Wildman–Crippen LogP) is 3.57. The van der Waals surface area contributed by atoms with Crippen LogP contribution in [0.4, 0.5) is 5.82 Å². The maximum Gasteiger partial charge on any atom is 0.267 e. The number of hydrogen-bond acceptors (Lipinski definition) is 4. The number of hydrogen-bond donors (Lipinski definition) is 2. The standard InChI is InChI=1S/C21H23N3O3/c1-4-14-9-10-22-17(11-14)23-20(26)18-19(25)15-7-5-6-8-16(15)24(21(18)27)12-13(2)3/h5-11,13,25H,4,12H2,1-3H3,(H,22,23,26). The van der Waals surface area contributed by atoms with Crippen LogP contribution in [0.15, 0.2) is 47.4 Å². The molecule has 3 aromatic rings. The average molecular weight is 365 g/mol. The Labute approximate surface area is 157 Å². The van der Waals surface area contributed by atoms with Crippen LogP contribution in [0, 0.1) is 5.92 Å². The third-order valence-corrected chi connectivity index (χ3v) is 4.39. The highest BCUT2D eigenvalue weighted by Gasteiger charge is 2.22. The number of amides is 1. The molecule has 0 fully saturated rings. The molecule has 0 saturated carbocycles. The van der Waals surface area contributed by atoms with E-state index in [-0.39, 0.29) is 17.2 Å². The molecule has 6 nitrogen and oxygen atoms in total. The van der Waals surface area contributed by atoms with Gasteiger partial charge in [0.05, 0.1) is 5.52 Å². The number of benzene rings is 1. The Morgan fingerprint density at radius 2 is 2.00 bits per heavy atom. The molecule has 0 saturated heterocycles. The average Bonchev–Trinajstić information content (AvgIpc) is 2.65. The molecule has 0 aliphatic heterocycles. The van der Waals surface area contributed by atoms with E-state index in [1.165, 1.54) is 0 Å². The number of carbonyl (C=O) groups excluding carboxylic acids is 1. The molecule has 1 aromatic carbocycles. The molecule has 2 aromatic heterocycles. The van der Waals surface area contributed by atoms with Gasteiger partial charge in [0.2, 0.25) is 0 Å². The molecule has 0 aliphatic rings. The van der Waals surface area contributed by atoms with Crippen LogP contribution >= 0.6 is 0 Å². The van der Waals surface area contributed by atoms with Crippen LogP contribution in [-0.2, 0) is 13.0 Å². The Bertz CT molecular complexity index is 1050. The predicted molar refractivity (Wildman–Crippen MR) is 106 cm³/mol. The molecule has 2 N–H and O–H groups in total. The van der Waals surface area contributed by atoms with E-state index in [1.807, 2.05) is 26.8 Å². The molecular weight excluding hydrogens is 342 g/mol. The Balaban J connectivity index is 2.12. The Kier molecular flexibility index (Phi) is 5.26. The van der Waals surface area contributed by atoms with Gasteiger partial charge in [-0.3, -0.25) is 9.59 Å². The van der Waals surface area contributed by atoms with E-state index < -0.39 is 11.5 Å². The fourth-order valence-corrected chi connectivity index (χ4v) is 3.08. The first kappa shape index (κ1) is 18.6. The summed E-state index contributed by atoms with van der Waals surface area (Å²) in [5, 5.41) is 13.8. The zero-order valence-corrected chi connectivity index (χ0v) is 15.7. The van der Waals surface area contributed by atoms with Gasteiger partial charge in [-0.25, -0.2) is 4.98 Å². The molecule has 0 unspecified atom stereocenters. The molecule has 0 spiro atoms. The number of anilines is 1. The van der Waals surface area contributed by atoms with E-state index in [4.69, 9.17) is 0 Å². The molecule has 0 atom stereocenters. The number of aryl methyl sites for hydroxylation is 1. The normalized spacial score (nSPS) is 11.1. The number of para-hydroxylation sites is 1. The van der Waals surface area contributed by atoms with Gasteiger partial charge >= 0.3 is 0 Å². The van der Waals surface area contributed by atoms with Crippen molar-refractivity contribution in [3.8, 4) is 5.75 Å². The number of aromatic hydroxyl groups is 1. The fourth-order valence-electron chi connectivity index (χ4n) is 3.08. The van der Waals surface area contributed by atoms with E-state index in [9.17, 15) is 14.7 Å². The number of aromatic nitrogens is 2. The van der Waals surface area contributed by atoms with Crippen LogP contribution in [0.3, 0.4) is 0 Å². The summed E-state index contributed by atoms with van der Waals surface area (Å²) in [4.78, 5) is 30.0. The zero-order valence-electron chi connectivity index (χ0n) is 15.7. The van der Waals surface area contributed by atoms with Crippen LogP contribution in [0.1, 0.15) is 36.7 Å². The van der Waals surface area contributed by atoms with Crippen molar-refractivity contribution in [2.45, 2.75) is 33.7 Å². The molecule has 1 amide bonds. The topological polar surface area (TPSA) is 84.2 Å². The van der Waals surface area contributed by atoms with Crippen molar-refractivity contribution in [3.05, 3.63) is 64.1 Å². The van der Waals surface area contributed by atoms with Crippen molar-refractivity contribution in [3.63, 3.8) is 0 Å². The van der Waals surface area contributed by atoms with E-state index in [0.717, 1.165) is 12.0 Å². The minimum Gasteiger partial charge on any atom is -0.506 e. The second kappa shape index (κ2) is 7.61. The van der Waals surface area contributed by atoms with Gasteiger partial charge in [-0.05, 0) is 42.2 Å². The largest absolute Gasteiger partial charge is 0.506 e. The van der Waals surface area contributed by atoms with Crippen molar-refractivity contribution < 1.29 is 9.90 Å². The first-order valence-corrected chi connectivity index (χ1v) is 9.03. The van der Waals surface area contributed by atoms with Crippen LogP contribution in [0.25, 0.3) is 10.9 Å². The summed E-state index contributed by atoms with van der Waals surface area (Å²) in [6.07, 6.45) is 2.40. The lowest BCUT2D eigenvalue weighted by molar-refractivity contribution is 0.102. The van der Waals surface area contributed by atoms with E-state index in [2.05, 4.69) is 10.3 Å². The van der Waals surface area contributed by atoms with Gasteiger partial charge in [0.15, 0.2) is 0 Å². The van der Waals surface area contributed by atoms with Gasteiger partial charge in [-0.1, -0.05) is 32.9 Å². The van der Waals surface area contributed by atoms with Gasteiger partial charge in [-0.2, -0.15) is 0 Å². The number of pyridine rings is 2. The molecule has 0 radical (unpaired) electrons. The summed E-state index contributed by atoms with van der Waals surface area (Å²) in [7, 11) is 0. The molecule has 0 aliphatic carbocycles. The van der Waals surface area contributed by atoms with Gasteiger partial charge in [0.25, 0.3) is 11.5 Å². The zero-order chi connectivity index (χ0) is 19.6. The van der Waals surface area contributed by atoms with Gasteiger partial charge in [0.1, 0.15) is 17.1 Å². The molecule has 140 valence electrons. The minimum absolute atomic E-state index is 0.203. The van der Waals surface area contributed by atoms with E-state index in [0.29, 0.717) is 23.3 Å². The van der Waals surface area contributed by atoms with Gasteiger partial charge < -0.3 is 15.0 Å². The molecular formula is C21H23N3O3. The number of rotatable bonds is 5. The Morgan fingerprint density at radius 1 is 1.26 bits per heavy atom. The lowest BCUT2D eigenvalue weighted by atomic mass is 10.1. The Hall–Kier alpha value is -3.15. The highest BCUT2D eigenvalue weighted by molar-refractivity contribution is 6.08. The monoisotopic (exact) mass is 365 g/mol. The van der Waals surface area contributed by atoms with Crippen LogP contribution in [0.5, 0.6) is 5.75 Å². The Morgan fingerprint density at radius 3 is 2.70 bits per heavy atom. The van der Waals surface area contributed by atoms with Gasteiger partial charge in [-0.15, -0.1) is 0 Å². The first-order chi connectivity index (χ1) is 12.9. The first-order valence-electron chi connectivity index (χ1n) is 9.03. The smallest absolute Gasteiger partial charge is 0.267 e. The number of nitrogens with one attached hydrogen (secondary N) is 1. The SMILES string of the molecule is CCc1ccnc(NC(=O)c2c(O)c3ccccc3n(CC(C)C)c2=O)c1. The van der Waals surface area contributed by atoms with Crippen LogP contribution < -0.4 is 10.9 Å². The van der Waals surface area contributed by atoms with Crippen molar-refractivity contribution in [1.82, 2.24) is 9.55 Å². The quantitative estimate of drug-likeness (QED) is 0.724. The lowest BCUT2D eigenvalue weighted by Gasteiger charge is -2.16. The minimum atomic E-state index is -0.665. The highest BCUT2D eigenvalue weighted by Crippen LogP contribution is 2.27. The maximum absolute atomic E-state index is 13.0. The molecule has 6 heteroatoms. The molecule has 27 heavy (non-hydrogen) atoms. The highest BCUT2D eigenvalue weighted by atomic mass is 16.3. The summed E-state index contributed by atoms with van der Waals surface area (Å²) in [6, 6.07) is 10.7. The van der Waals surface area contributed by atoms with Crippen molar-refractivity contribution in [2.24, 2.45) is 5.92 Å². The summed E-state index contributed by atoms with van der Waals surface area (Å²) in [6.45, 7) is 6.44. The number of fused-ring (bicyclic) bond motifs is 1. The van der Waals surface area contributed by atoms with Gasteiger partial charge in [0, 0.05) is 18.1 Å². The third-order valence-electron chi connectivity index (χ3n) is 4.39. The number of carbonyl (C=O) groups is 1. The van der Waals surface area contributed by atoms with E-state index >= 15 is 0 Å². The summed E-state index contributed by atoms with van der Waals surface area (Å²) in [5.74, 6) is -0.419. The van der Waals surface area contributed by atoms with Crippen molar-refractivity contribution in [1.29, 1.82) is 0 Å². The van der Waals surface area contributed by atoms with Crippen LogP contribution in [-0.4, -0.2) is 20.6 Å². The molecule has 0 bridgehead atoms.